The fourth-order valence-corrected chi connectivity index (χ4v) is 3.28. The van der Waals surface area contributed by atoms with Crippen LogP contribution in [-0.2, 0) is 10.5 Å². The van der Waals surface area contributed by atoms with Gasteiger partial charge in [0.15, 0.2) is 11.5 Å². The molecule has 0 bridgehead atoms. The minimum atomic E-state index is -0.438. The molecule has 0 aromatic heterocycles. The molecule has 1 amide bonds. The number of carbonyl (C=O) groups is 1. The Labute approximate surface area is 173 Å². The topological polar surface area (TPSA) is 103 Å². The van der Waals surface area contributed by atoms with E-state index in [1.807, 2.05) is 19.1 Å². The smallest absolute Gasteiger partial charge is 0.269 e. The van der Waals surface area contributed by atoms with Crippen molar-refractivity contribution in [3.63, 3.8) is 0 Å². The number of nitro benzene ring substituents is 1. The van der Waals surface area contributed by atoms with Crippen LogP contribution in [0.1, 0.15) is 24.5 Å². The third-order valence-electron chi connectivity index (χ3n) is 4.02. The van der Waals surface area contributed by atoms with Gasteiger partial charge >= 0.3 is 0 Å². The van der Waals surface area contributed by atoms with Crippen LogP contribution in [0.5, 0.6) is 11.5 Å². The molecule has 2 rings (SSSR count). The molecular formula is C20H23N3O5S. The van der Waals surface area contributed by atoms with Crippen LogP contribution in [0.2, 0.25) is 0 Å². The van der Waals surface area contributed by atoms with Crippen molar-refractivity contribution < 1.29 is 19.2 Å². The van der Waals surface area contributed by atoms with E-state index < -0.39 is 4.92 Å². The van der Waals surface area contributed by atoms with Gasteiger partial charge in [-0.25, -0.2) is 5.43 Å². The molecule has 0 heterocycles. The van der Waals surface area contributed by atoms with Gasteiger partial charge in [0.05, 0.1) is 30.6 Å². The lowest BCUT2D eigenvalue weighted by Gasteiger charge is -2.10. The van der Waals surface area contributed by atoms with Gasteiger partial charge in [0.2, 0.25) is 5.91 Å². The van der Waals surface area contributed by atoms with Crippen LogP contribution < -0.4 is 14.9 Å². The molecule has 2 aromatic rings. The monoisotopic (exact) mass is 417 g/mol. The Bertz CT molecular complexity index is 884. The summed E-state index contributed by atoms with van der Waals surface area (Å²) in [5.41, 5.74) is 5.10. The molecule has 0 atom stereocenters. The van der Waals surface area contributed by atoms with E-state index in [2.05, 4.69) is 10.5 Å². The summed E-state index contributed by atoms with van der Waals surface area (Å²) in [6.45, 7) is 1.95. The number of carbonyl (C=O) groups excluding carboxylic acids is 1. The number of rotatable bonds is 10. The summed E-state index contributed by atoms with van der Waals surface area (Å²) in [4.78, 5) is 22.3. The first-order chi connectivity index (χ1) is 14.0. The van der Waals surface area contributed by atoms with E-state index >= 15 is 0 Å². The number of nitrogens with one attached hydrogen (secondary N) is 1. The van der Waals surface area contributed by atoms with E-state index in [0.717, 1.165) is 16.8 Å². The molecule has 0 radical (unpaired) electrons. The molecule has 9 heteroatoms. The maximum Gasteiger partial charge on any atom is 0.269 e. The number of nitrogens with zero attached hydrogens (tertiary/aromatic N) is 2. The molecule has 154 valence electrons. The van der Waals surface area contributed by atoms with E-state index in [0.29, 0.717) is 23.7 Å². The van der Waals surface area contributed by atoms with Gasteiger partial charge in [0, 0.05) is 23.4 Å². The number of amides is 1. The zero-order valence-corrected chi connectivity index (χ0v) is 17.3. The first kappa shape index (κ1) is 22.2. The molecule has 0 aliphatic heterocycles. The van der Waals surface area contributed by atoms with E-state index in [4.69, 9.17) is 9.47 Å². The molecule has 8 nitrogen and oxygen atoms in total. The summed E-state index contributed by atoms with van der Waals surface area (Å²) in [6, 6.07) is 11.8. The van der Waals surface area contributed by atoms with Crippen molar-refractivity contribution in [2.24, 2.45) is 5.10 Å². The normalized spacial score (nSPS) is 11.1. The highest BCUT2D eigenvalue weighted by atomic mass is 32.2. The minimum Gasteiger partial charge on any atom is -0.493 e. The van der Waals surface area contributed by atoms with Crippen molar-refractivity contribution in [1.29, 1.82) is 0 Å². The average Bonchev–Trinajstić information content (AvgIpc) is 2.74. The second-order valence-electron chi connectivity index (χ2n) is 5.93. The highest BCUT2D eigenvalue weighted by molar-refractivity contribution is 7.99. The Hall–Kier alpha value is -3.07. The number of hydrogen-bond acceptors (Lipinski definition) is 7. The van der Waals surface area contributed by atoms with E-state index in [1.54, 1.807) is 32.4 Å². The standard InChI is InChI=1S/C20H23N3O5S/c1-4-17(15-7-10-18(27-2)19(11-15)28-3)21-22-20(24)13-29-12-14-5-8-16(9-6-14)23(25)26/h5-11H,4,12-13H2,1-3H3,(H,22,24)/b21-17-. The number of benzene rings is 2. The molecule has 0 aliphatic carbocycles. The largest absolute Gasteiger partial charge is 0.493 e. The summed E-state index contributed by atoms with van der Waals surface area (Å²) in [5, 5.41) is 14.9. The number of ether oxygens (including phenoxy) is 2. The lowest BCUT2D eigenvalue weighted by Crippen LogP contribution is -2.21. The molecule has 0 saturated heterocycles. The fourth-order valence-electron chi connectivity index (χ4n) is 2.50. The summed E-state index contributed by atoms with van der Waals surface area (Å²) in [6.07, 6.45) is 0.631. The molecule has 0 unspecified atom stereocenters. The van der Waals surface area contributed by atoms with Gasteiger partial charge in [-0.3, -0.25) is 14.9 Å². The second kappa shape index (κ2) is 11.1. The average molecular weight is 417 g/mol. The van der Waals surface area contributed by atoms with Crippen LogP contribution >= 0.6 is 11.8 Å². The quantitative estimate of drug-likeness (QED) is 0.358. The van der Waals surface area contributed by atoms with Gasteiger partial charge in [-0.1, -0.05) is 19.1 Å². The Morgan fingerprint density at radius 3 is 2.41 bits per heavy atom. The van der Waals surface area contributed by atoms with Crippen LogP contribution in [0.25, 0.3) is 0 Å². The van der Waals surface area contributed by atoms with Crippen molar-refractivity contribution in [3.8, 4) is 11.5 Å². The highest BCUT2D eigenvalue weighted by Gasteiger charge is 2.09. The maximum atomic E-state index is 12.1. The summed E-state index contributed by atoms with van der Waals surface area (Å²) < 4.78 is 10.5. The molecule has 2 aromatic carbocycles. The number of hydrazone groups is 1. The number of non-ortho nitro benzene ring substituents is 1. The van der Waals surface area contributed by atoms with Crippen LogP contribution in [0, 0.1) is 10.1 Å². The zero-order chi connectivity index (χ0) is 21.2. The lowest BCUT2D eigenvalue weighted by molar-refractivity contribution is -0.384. The number of methoxy groups -OCH3 is 2. The van der Waals surface area contributed by atoms with Crippen molar-refractivity contribution in [2.45, 2.75) is 19.1 Å². The Balaban J connectivity index is 1.90. The van der Waals surface area contributed by atoms with Crippen molar-refractivity contribution in [3.05, 3.63) is 63.7 Å². The first-order valence-electron chi connectivity index (χ1n) is 8.87. The third-order valence-corrected chi connectivity index (χ3v) is 5.02. The van der Waals surface area contributed by atoms with Gasteiger partial charge in [0.25, 0.3) is 5.69 Å². The van der Waals surface area contributed by atoms with Gasteiger partial charge in [-0.15, -0.1) is 11.8 Å². The molecule has 0 spiro atoms. The lowest BCUT2D eigenvalue weighted by atomic mass is 10.1. The third kappa shape index (κ3) is 6.49. The SMILES string of the molecule is CC/C(=N/NC(=O)CSCc1ccc([N+](=O)[O-])cc1)c1ccc(OC)c(OC)c1. The number of thioether (sulfide) groups is 1. The number of hydrogen-bond donors (Lipinski definition) is 1. The van der Waals surface area contributed by atoms with Crippen molar-refractivity contribution in [1.82, 2.24) is 5.43 Å². The second-order valence-corrected chi connectivity index (χ2v) is 6.92. The van der Waals surface area contributed by atoms with Gasteiger partial charge in [0.1, 0.15) is 0 Å². The summed E-state index contributed by atoms with van der Waals surface area (Å²) in [7, 11) is 3.13. The van der Waals surface area contributed by atoms with Crippen LogP contribution in [0.3, 0.4) is 0 Å². The highest BCUT2D eigenvalue weighted by Crippen LogP contribution is 2.28. The van der Waals surface area contributed by atoms with Gasteiger partial charge in [-0.2, -0.15) is 5.10 Å². The predicted octanol–water partition coefficient (Wildman–Crippen LogP) is 3.78. The summed E-state index contributed by atoms with van der Waals surface area (Å²) >= 11 is 1.41. The summed E-state index contributed by atoms with van der Waals surface area (Å²) in [5.74, 6) is 1.80. The minimum absolute atomic E-state index is 0.0492. The van der Waals surface area contributed by atoms with E-state index in [9.17, 15) is 14.9 Å². The fraction of sp³-hybridized carbons (Fsp3) is 0.300. The van der Waals surface area contributed by atoms with Crippen molar-refractivity contribution >= 4 is 29.1 Å². The molecule has 0 aliphatic rings. The van der Waals surface area contributed by atoms with Gasteiger partial charge in [-0.05, 0) is 30.2 Å². The Morgan fingerprint density at radius 1 is 1.14 bits per heavy atom. The van der Waals surface area contributed by atoms with Crippen molar-refractivity contribution in [2.75, 3.05) is 20.0 Å². The van der Waals surface area contributed by atoms with Crippen LogP contribution in [0.15, 0.2) is 47.6 Å². The van der Waals surface area contributed by atoms with Crippen LogP contribution in [0.4, 0.5) is 5.69 Å². The van der Waals surface area contributed by atoms with Crippen LogP contribution in [-0.4, -0.2) is 36.5 Å². The predicted molar refractivity (Wildman–Crippen MR) is 114 cm³/mol. The van der Waals surface area contributed by atoms with E-state index in [-0.39, 0.29) is 17.3 Å². The maximum absolute atomic E-state index is 12.1. The molecule has 0 fully saturated rings. The molecule has 29 heavy (non-hydrogen) atoms. The van der Waals surface area contributed by atoms with E-state index in [1.165, 1.54) is 23.9 Å². The molecule has 0 saturated carbocycles. The zero-order valence-electron chi connectivity index (χ0n) is 16.5. The molecular weight excluding hydrogens is 394 g/mol. The Kier molecular flexibility index (Phi) is 8.47. The Morgan fingerprint density at radius 2 is 1.83 bits per heavy atom. The first-order valence-corrected chi connectivity index (χ1v) is 10.0. The van der Waals surface area contributed by atoms with Gasteiger partial charge < -0.3 is 9.47 Å². The number of nitro groups is 1. The molecule has 1 N–H and O–H groups in total.